The highest BCUT2D eigenvalue weighted by Crippen LogP contribution is 2.36. The second kappa shape index (κ2) is 4.98. The van der Waals surface area contributed by atoms with Gasteiger partial charge in [-0.2, -0.15) is 0 Å². The van der Waals surface area contributed by atoms with Crippen LogP contribution in [0.25, 0.3) is 6.08 Å². The van der Waals surface area contributed by atoms with E-state index in [2.05, 4.69) is 10.3 Å². The summed E-state index contributed by atoms with van der Waals surface area (Å²) in [6.45, 7) is 8.17. The van der Waals surface area contributed by atoms with Gasteiger partial charge in [-0.3, -0.25) is 4.98 Å². The molecule has 1 N–H and O–H groups in total. The third kappa shape index (κ3) is 2.99. The van der Waals surface area contributed by atoms with Crippen LogP contribution in [-0.4, -0.2) is 30.4 Å². The van der Waals surface area contributed by atoms with Gasteiger partial charge in [-0.25, -0.2) is 0 Å². The van der Waals surface area contributed by atoms with Gasteiger partial charge in [0.1, 0.15) is 0 Å². The lowest BCUT2D eigenvalue weighted by Crippen LogP contribution is -2.41. The predicted octanol–water partition coefficient (Wildman–Crippen LogP) is 2.77. The first-order chi connectivity index (χ1) is 8.84. The van der Waals surface area contributed by atoms with Crippen molar-refractivity contribution < 1.29 is 9.31 Å². The van der Waals surface area contributed by atoms with Gasteiger partial charge in [0.2, 0.25) is 0 Å². The minimum Gasteiger partial charge on any atom is -0.400 e. The minimum absolute atomic E-state index is 0.300. The largest absolute Gasteiger partial charge is 0.487 e. The maximum Gasteiger partial charge on any atom is 0.487 e. The Kier molecular flexibility index (Phi) is 3.70. The van der Waals surface area contributed by atoms with E-state index < -0.39 is 0 Å². The maximum absolute atomic E-state index is 5.88. The molecule has 2 heterocycles. The Hall–Kier alpha value is -1.33. The summed E-state index contributed by atoms with van der Waals surface area (Å²) in [5, 5.41) is 3.04. The van der Waals surface area contributed by atoms with E-state index in [1.807, 2.05) is 58.9 Å². The van der Waals surface area contributed by atoms with Crippen LogP contribution < -0.4 is 5.32 Å². The summed E-state index contributed by atoms with van der Waals surface area (Å²) in [5.41, 5.74) is 1.28. The van der Waals surface area contributed by atoms with Crippen LogP contribution in [0, 0.1) is 0 Å². The van der Waals surface area contributed by atoms with Crippen LogP contribution >= 0.6 is 0 Å². The van der Waals surface area contributed by atoms with E-state index >= 15 is 0 Å². The number of rotatable bonds is 3. The SMILES string of the molecule is CNc1ccc(/C=C/B2OC(C)(C)C(C)(C)O2)nc1. The Labute approximate surface area is 115 Å². The molecule has 0 atom stereocenters. The van der Waals surface area contributed by atoms with Crippen LogP contribution in [0.2, 0.25) is 0 Å². The van der Waals surface area contributed by atoms with Crippen LogP contribution in [0.5, 0.6) is 0 Å². The smallest absolute Gasteiger partial charge is 0.400 e. The van der Waals surface area contributed by atoms with Gasteiger partial charge in [0.05, 0.1) is 28.8 Å². The molecule has 0 bridgehead atoms. The Balaban J connectivity index is 2.04. The number of pyridine rings is 1. The summed E-state index contributed by atoms with van der Waals surface area (Å²) in [4.78, 5) is 4.32. The average molecular weight is 260 g/mol. The normalized spacial score (nSPS) is 21.0. The fourth-order valence-corrected chi connectivity index (χ4v) is 1.80. The van der Waals surface area contributed by atoms with E-state index in [1.54, 1.807) is 6.20 Å². The van der Waals surface area contributed by atoms with Gasteiger partial charge in [0.15, 0.2) is 0 Å². The van der Waals surface area contributed by atoms with Gasteiger partial charge in [-0.15, -0.1) is 0 Å². The van der Waals surface area contributed by atoms with E-state index in [-0.39, 0.29) is 18.3 Å². The molecule has 102 valence electrons. The molecule has 0 saturated carbocycles. The molecule has 0 spiro atoms. The van der Waals surface area contributed by atoms with Crippen molar-refractivity contribution in [2.24, 2.45) is 0 Å². The van der Waals surface area contributed by atoms with E-state index in [1.165, 1.54) is 0 Å². The fraction of sp³-hybridized carbons (Fsp3) is 0.500. The van der Waals surface area contributed by atoms with Crippen molar-refractivity contribution in [2.45, 2.75) is 38.9 Å². The van der Waals surface area contributed by atoms with Crippen molar-refractivity contribution in [3.63, 3.8) is 0 Å². The zero-order valence-corrected chi connectivity index (χ0v) is 12.2. The topological polar surface area (TPSA) is 43.4 Å². The molecular formula is C14H21BN2O2. The number of hydrogen-bond donors (Lipinski definition) is 1. The van der Waals surface area contributed by atoms with Crippen LogP contribution in [0.15, 0.2) is 24.3 Å². The van der Waals surface area contributed by atoms with Crippen LogP contribution in [0.3, 0.4) is 0 Å². The summed E-state index contributed by atoms with van der Waals surface area (Å²) < 4.78 is 11.8. The summed E-state index contributed by atoms with van der Waals surface area (Å²) in [6, 6.07) is 3.94. The number of anilines is 1. The zero-order chi connectivity index (χ0) is 14.1. The van der Waals surface area contributed by atoms with Crippen LogP contribution in [0.4, 0.5) is 5.69 Å². The molecule has 0 unspecified atom stereocenters. The summed E-state index contributed by atoms with van der Waals surface area (Å²) >= 11 is 0. The Morgan fingerprint density at radius 1 is 1.16 bits per heavy atom. The minimum atomic E-state index is -0.323. The fourth-order valence-electron chi connectivity index (χ4n) is 1.80. The molecule has 0 radical (unpaired) electrons. The maximum atomic E-state index is 5.88. The first-order valence-electron chi connectivity index (χ1n) is 6.52. The summed E-state index contributed by atoms with van der Waals surface area (Å²) in [7, 11) is 1.55. The van der Waals surface area contributed by atoms with Gasteiger partial charge < -0.3 is 14.6 Å². The Bertz CT molecular complexity index is 453. The van der Waals surface area contributed by atoms with E-state index in [9.17, 15) is 0 Å². The molecule has 19 heavy (non-hydrogen) atoms. The molecular weight excluding hydrogens is 239 g/mol. The van der Waals surface area contributed by atoms with Gasteiger partial charge in [-0.05, 0) is 45.9 Å². The quantitative estimate of drug-likeness (QED) is 0.848. The predicted molar refractivity (Wildman–Crippen MR) is 78.9 cm³/mol. The first-order valence-corrected chi connectivity index (χ1v) is 6.52. The third-order valence-electron chi connectivity index (χ3n) is 3.77. The molecule has 5 heteroatoms. The molecule has 0 aromatic carbocycles. The molecule has 0 amide bonds. The number of nitrogens with one attached hydrogen (secondary N) is 1. The Morgan fingerprint density at radius 3 is 2.26 bits per heavy atom. The first kappa shape index (κ1) is 14.1. The Morgan fingerprint density at radius 2 is 1.79 bits per heavy atom. The molecule has 0 aliphatic carbocycles. The lowest BCUT2D eigenvalue weighted by Gasteiger charge is -2.32. The summed E-state index contributed by atoms with van der Waals surface area (Å²) in [6.07, 6.45) is 3.71. The molecule has 1 aliphatic rings. The number of hydrogen-bond acceptors (Lipinski definition) is 4. The monoisotopic (exact) mass is 260 g/mol. The molecule has 2 rings (SSSR count). The van der Waals surface area contributed by atoms with Crippen LogP contribution in [-0.2, 0) is 9.31 Å². The lowest BCUT2D eigenvalue weighted by atomic mass is 9.89. The lowest BCUT2D eigenvalue weighted by molar-refractivity contribution is 0.00578. The van der Waals surface area contributed by atoms with Gasteiger partial charge >= 0.3 is 7.12 Å². The summed E-state index contributed by atoms with van der Waals surface area (Å²) in [5.74, 6) is 1.90. The van der Waals surface area contributed by atoms with E-state index in [0.29, 0.717) is 0 Å². The van der Waals surface area contributed by atoms with E-state index in [0.717, 1.165) is 11.4 Å². The molecule has 1 aromatic heterocycles. The van der Waals surface area contributed by atoms with Crippen molar-refractivity contribution in [2.75, 3.05) is 12.4 Å². The van der Waals surface area contributed by atoms with Crippen molar-refractivity contribution in [3.8, 4) is 0 Å². The highest BCUT2D eigenvalue weighted by molar-refractivity contribution is 6.52. The second-order valence-corrected chi connectivity index (χ2v) is 5.71. The highest BCUT2D eigenvalue weighted by Gasteiger charge is 2.49. The molecule has 1 aromatic rings. The van der Waals surface area contributed by atoms with Crippen molar-refractivity contribution >= 4 is 18.9 Å². The standard InChI is InChI=1S/C14H21BN2O2/c1-13(2)14(3,4)19-15(18-13)9-8-11-6-7-12(16-5)10-17-11/h6-10,16H,1-5H3/b9-8+. The highest BCUT2D eigenvalue weighted by atomic mass is 16.7. The third-order valence-corrected chi connectivity index (χ3v) is 3.77. The van der Waals surface area contributed by atoms with Crippen molar-refractivity contribution in [1.82, 2.24) is 4.98 Å². The number of aromatic nitrogens is 1. The van der Waals surface area contributed by atoms with Gasteiger partial charge in [0.25, 0.3) is 0 Å². The van der Waals surface area contributed by atoms with Crippen molar-refractivity contribution in [3.05, 3.63) is 30.0 Å². The van der Waals surface area contributed by atoms with E-state index in [4.69, 9.17) is 9.31 Å². The van der Waals surface area contributed by atoms with Crippen molar-refractivity contribution in [1.29, 1.82) is 0 Å². The molecule has 1 saturated heterocycles. The molecule has 1 fully saturated rings. The second-order valence-electron chi connectivity index (χ2n) is 5.71. The van der Waals surface area contributed by atoms with Gasteiger partial charge in [-0.1, -0.05) is 5.98 Å². The zero-order valence-electron chi connectivity index (χ0n) is 12.2. The number of nitrogens with zero attached hydrogens (tertiary/aromatic N) is 1. The molecule has 1 aliphatic heterocycles. The van der Waals surface area contributed by atoms with Crippen LogP contribution in [0.1, 0.15) is 33.4 Å². The average Bonchev–Trinajstić information content (AvgIpc) is 2.56. The van der Waals surface area contributed by atoms with Gasteiger partial charge in [0, 0.05) is 7.05 Å². The molecule has 4 nitrogen and oxygen atoms in total.